The third kappa shape index (κ3) is 2.64. The molecule has 18 heavy (non-hydrogen) atoms. The number of aliphatic carboxylic acids is 1. The highest BCUT2D eigenvalue weighted by atomic mass is 32.2. The zero-order valence-electron chi connectivity index (χ0n) is 10.4. The molecule has 94 valence electrons. The fourth-order valence-corrected chi connectivity index (χ4v) is 2.70. The first-order chi connectivity index (χ1) is 8.61. The van der Waals surface area contributed by atoms with Crippen LogP contribution in [0.1, 0.15) is 18.9 Å². The average molecular weight is 261 g/mol. The van der Waals surface area contributed by atoms with Crippen molar-refractivity contribution < 1.29 is 9.90 Å². The molecule has 0 saturated heterocycles. The molecule has 0 spiro atoms. The van der Waals surface area contributed by atoms with Gasteiger partial charge in [0.25, 0.3) is 0 Å². The molecule has 0 bridgehead atoms. The number of hydrogen-bond donors (Lipinski definition) is 1. The van der Waals surface area contributed by atoms with Crippen molar-refractivity contribution in [3.05, 3.63) is 35.9 Å². The molecule has 2 rings (SSSR count). The Balaban J connectivity index is 2.38. The third-order valence-electron chi connectivity index (χ3n) is 2.77. The van der Waals surface area contributed by atoms with Crippen LogP contribution in [-0.2, 0) is 4.79 Å². The van der Waals surface area contributed by atoms with Crippen molar-refractivity contribution in [1.82, 2.24) is 4.98 Å². The smallest absolute Gasteiger partial charge is 0.317 e. The van der Waals surface area contributed by atoms with E-state index in [1.165, 1.54) is 11.8 Å². The van der Waals surface area contributed by atoms with Gasteiger partial charge in [-0.3, -0.25) is 4.79 Å². The molecule has 0 aliphatic carbocycles. The molecule has 0 radical (unpaired) electrons. The lowest BCUT2D eigenvalue weighted by Crippen LogP contribution is -2.15. The number of aromatic nitrogens is 1. The quantitative estimate of drug-likeness (QED) is 0.856. The van der Waals surface area contributed by atoms with Gasteiger partial charge in [-0.25, -0.2) is 4.98 Å². The first-order valence-corrected chi connectivity index (χ1v) is 6.75. The van der Waals surface area contributed by atoms with E-state index in [0.717, 1.165) is 21.5 Å². The maximum atomic E-state index is 11.1. The van der Waals surface area contributed by atoms with Gasteiger partial charge in [0.15, 0.2) is 0 Å². The summed E-state index contributed by atoms with van der Waals surface area (Å²) >= 11 is 1.33. The van der Waals surface area contributed by atoms with Crippen LogP contribution >= 0.6 is 11.8 Å². The number of carbonyl (C=O) groups is 1. The Labute approximate surface area is 110 Å². The van der Waals surface area contributed by atoms with E-state index >= 15 is 0 Å². The van der Waals surface area contributed by atoms with Crippen molar-refractivity contribution in [2.24, 2.45) is 0 Å². The normalized spacial score (nSPS) is 12.6. The monoisotopic (exact) mass is 261 g/mol. The molecule has 0 aliphatic rings. The Bertz CT molecular complexity index is 583. The van der Waals surface area contributed by atoms with Gasteiger partial charge in [-0.1, -0.05) is 36.9 Å². The number of nitrogens with zero attached hydrogens (tertiary/aromatic N) is 1. The Kier molecular flexibility index (Phi) is 3.87. The Morgan fingerprint density at radius 1 is 1.44 bits per heavy atom. The Morgan fingerprint density at radius 3 is 2.83 bits per heavy atom. The number of rotatable bonds is 4. The zero-order valence-corrected chi connectivity index (χ0v) is 11.2. The lowest BCUT2D eigenvalue weighted by Gasteiger charge is -2.11. The Morgan fingerprint density at radius 2 is 2.17 bits per heavy atom. The third-order valence-corrected chi connectivity index (χ3v) is 4.22. The number of thioether (sulfide) groups is 1. The second-order valence-electron chi connectivity index (χ2n) is 4.16. The van der Waals surface area contributed by atoms with Crippen LogP contribution in [0, 0.1) is 6.92 Å². The molecule has 0 aliphatic heterocycles. The van der Waals surface area contributed by atoms with E-state index in [1.54, 1.807) is 0 Å². The molecule has 1 aromatic heterocycles. The van der Waals surface area contributed by atoms with Crippen LogP contribution in [-0.4, -0.2) is 21.3 Å². The molecule has 4 heteroatoms. The van der Waals surface area contributed by atoms with E-state index in [-0.39, 0.29) is 0 Å². The van der Waals surface area contributed by atoms with Gasteiger partial charge in [0.2, 0.25) is 0 Å². The molecule has 1 atom stereocenters. The maximum Gasteiger partial charge on any atom is 0.317 e. The predicted octanol–water partition coefficient (Wildman–Crippen LogP) is 3.50. The van der Waals surface area contributed by atoms with E-state index in [9.17, 15) is 4.79 Å². The van der Waals surface area contributed by atoms with Crippen LogP contribution in [0.5, 0.6) is 0 Å². The summed E-state index contributed by atoms with van der Waals surface area (Å²) in [5.41, 5.74) is 1.93. The number of benzene rings is 1. The maximum absolute atomic E-state index is 11.1. The molecular formula is C14H15NO2S. The van der Waals surface area contributed by atoms with Crippen molar-refractivity contribution in [2.45, 2.75) is 30.5 Å². The summed E-state index contributed by atoms with van der Waals surface area (Å²) in [7, 11) is 0. The highest BCUT2D eigenvalue weighted by Crippen LogP contribution is 2.29. The fourth-order valence-electron chi connectivity index (χ4n) is 1.77. The van der Waals surface area contributed by atoms with Crippen LogP contribution in [0.2, 0.25) is 0 Å². The lowest BCUT2D eigenvalue weighted by molar-refractivity contribution is -0.136. The van der Waals surface area contributed by atoms with Gasteiger partial charge in [0, 0.05) is 5.39 Å². The highest BCUT2D eigenvalue weighted by molar-refractivity contribution is 8.00. The number of aryl methyl sites for hydroxylation is 1. The molecule has 0 saturated carbocycles. The standard InChI is InChI=1S/C14H15NO2S/c1-3-12(14(16)17)18-13-9(2)8-10-6-4-5-7-11(10)15-13/h4-8,12H,3H2,1-2H3,(H,16,17). The number of hydrogen-bond acceptors (Lipinski definition) is 3. The first kappa shape index (κ1) is 12.9. The van der Waals surface area contributed by atoms with Gasteiger partial charge in [-0.2, -0.15) is 0 Å². The second-order valence-corrected chi connectivity index (χ2v) is 5.35. The predicted molar refractivity (Wildman–Crippen MR) is 74.1 cm³/mol. The van der Waals surface area contributed by atoms with Gasteiger partial charge in [-0.15, -0.1) is 0 Å². The van der Waals surface area contributed by atoms with Crippen LogP contribution in [0.4, 0.5) is 0 Å². The van der Waals surface area contributed by atoms with E-state index in [2.05, 4.69) is 11.1 Å². The van der Waals surface area contributed by atoms with Crippen molar-refractivity contribution in [1.29, 1.82) is 0 Å². The largest absolute Gasteiger partial charge is 0.480 e. The SMILES string of the molecule is CCC(Sc1nc2ccccc2cc1C)C(=O)O. The summed E-state index contributed by atoms with van der Waals surface area (Å²) in [6, 6.07) is 9.92. The van der Waals surface area contributed by atoms with E-state index in [1.807, 2.05) is 38.1 Å². The van der Waals surface area contributed by atoms with Gasteiger partial charge in [0.05, 0.1) is 5.52 Å². The van der Waals surface area contributed by atoms with Crippen molar-refractivity contribution >= 4 is 28.6 Å². The summed E-state index contributed by atoms with van der Waals surface area (Å²) in [5.74, 6) is -0.781. The molecule has 1 heterocycles. The average Bonchev–Trinajstić information content (AvgIpc) is 2.35. The number of carboxylic acids is 1. The molecule has 0 fully saturated rings. The lowest BCUT2D eigenvalue weighted by atomic mass is 10.2. The van der Waals surface area contributed by atoms with Crippen LogP contribution in [0.3, 0.4) is 0 Å². The zero-order chi connectivity index (χ0) is 13.1. The Hall–Kier alpha value is -1.55. The van der Waals surface area contributed by atoms with Gasteiger partial charge >= 0.3 is 5.97 Å². The summed E-state index contributed by atoms with van der Waals surface area (Å²) in [6.07, 6.45) is 0.591. The van der Waals surface area contributed by atoms with Crippen LogP contribution < -0.4 is 0 Å². The van der Waals surface area contributed by atoms with Crippen LogP contribution in [0.15, 0.2) is 35.4 Å². The molecule has 2 aromatic rings. The van der Waals surface area contributed by atoms with Crippen molar-refractivity contribution in [2.75, 3.05) is 0 Å². The molecule has 1 N–H and O–H groups in total. The first-order valence-electron chi connectivity index (χ1n) is 5.87. The van der Waals surface area contributed by atoms with E-state index in [0.29, 0.717) is 6.42 Å². The van der Waals surface area contributed by atoms with Crippen molar-refractivity contribution in [3.8, 4) is 0 Å². The van der Waals surface area contributed by atoms with Gasteiger partial charge in [-0.05, 0) is 31.0 Å². The summed E-state index contributed by atoms with van der Waals surface area (Å²) < 4.78 is 0. The van der Waals surface area contributed by atoms with E-state index in [4.69, 9.17) is 5.11 Å². The summed E-state index contributed by atoms with van der Waals surface area (Å²) in [4.78, 5) is 15.6. The van der Waals surface area contributed by atoms with Crippen molar-refractivity contribution in [3.63, 3.8) is 0 Å². The fraction of sp³-hybridized carbons (Fsp3) is 0.286. The van der Waals surface area contributed by atoms with Gasteiger partial charge < -0.3 is 5.11 Å². The number of carboxylic acid groups (broad SMARTS) is 1. The molecular weight excluding hydrogens is 246 g/mol. The number of para-hydroxylation sites is 1. The second kappa shape index (κ2) is 5.40. The molecule has 1 unspecified atom stereocenters. The molecule has 3 nitrogen and oxygen atoms in total. The molecule has 0 amide bonds. The number of pyridine rings is 1. The van der Waals surface area contributed by atoms with Gasteiger partial charge in [0.1, 0.15) is 10.3 Å². The van der Waals surface area contributed by atoms with E-state index < -0.39 is 11.2 Å². The summed E-state index contributed by atoms with van der Waals surface area (Å²) in [6.45, 7) is 3.85. The number of fused-ring (bicyclic) bond motifs is 1. The minimum Gasteiger partial charge on any atom is -0.480 e. The van der Waals surface area contributed by atoms with Crippen LogP contribution in [0.25, 0.3) is 10.9 Å². The minimum absolute atomic E-state index is 0.433. The molecule has 1 aromatic carbocycles. The topological polar surface area (TPSA) is 50.2 Å². The highest BCUT2D eigenvalue weighted by Gasteiger charge is 2.18. The summed E-state index contributed by atoms with van der Waals surface area (Å²) in [5, 5.41) is 10.6. The minimum atomic E-state index is -0.781.